The molecule has 3 aromatic rings. The number of aromatic nitrogens is 2. The fourth-order valence-corrected chi connectivity index (χ4v) is 2.15. The van der Waals surface area contributed by atoms with Gasteiger partial charge in [0.2, 0.25) is 0 Å². The number of hydrogen-bond acceptors (Lipinski definition) is 1. The zero-order chi connectivity index (χ0) is 12.9. The molecule has 0 saturated heterocycles. The molecule has 2 heteroatoms. The maximum Gasteiger partial charge on any atom is 0.137 e. The summed E-state index contributed by atoms with van der Waals surface area (Å²) in [7, 11) is 0. The molecule has 2 nitrogen and oxygen atoms in total. The van der Waals surface area contributed by atoms with E-state index in [-0.39, 0.29) is 0 Å². The summed E-state index contributed by atoms with van der Waals surface area (Å²) in [6.45, 7) is 0. The van der Waals surface area contributed by atoms with Gasteiger partial charge in [0.05, 0.1) is 5.69 Å². The number of benzene rings is 2. The van der Waals surface area contributed by atoms with Gasteiger partial charge in [0.25, 0.3) is 0 Å². The van der Waals surface area contributed by atoms with E-state index in [2.05, 4.69) is 46.4 Å². The summed E-state index contributed by atoms with van der Waals surface area (Å²) < 4.78 is 0. The van der Waals surface area contributed by atoms with Gasteiger partial charge in [-0.15, -0.1) is 0 Å². The third-order valence-corrected chi connectivity index (χ3v) is 3.19. The standard InChI is InChI=1S/C17H16N2/c1-3-7-14(8-4-1)11-12-16-13-18-17(19-16)15-9-5-2-6-10-15/h1-10,13H,11-12H2,(H,18,19). The minimum absolute atomic E-state index is 0.948. The van der Waals surface area contributed by atoms with E-state index in [1.807, 2.05) is 30.5 Å². The first-order chi connectivity index (χ1) is 9.42. The average Bonchev–Trinajstić information content (AvgIpc) is 2.96. The van der Waals surface area contributed by atoms with Crippen molar-refractivity contribution < 1.29 is 0 Å². The van der Waals surface area contributed by atoms with Gasteiger partial charge in [0.15, 0.2) is 0 Å². The van der Waals surface area contributed by atoms with Gasteiger partial charge in [-0.2, -0.15) is 0 Å². The zero-order valence-electron chi connectivity index (χ0n) is 10.7. The van der Waals surface area contributed by atoms with Crippen molar-refractivity contribution in [2.45, 2.75) is 12.8 Å². The molecule has 0 aliphatic carbocycles. The highest BCUT2D eigenvalue weighted by atomic mass is 14.9. The molecule has 0 atom stereocenters. The van der Waals surface area contributed by atoms with Crippen molar-refractivity contribution in [2.24, 2.45) is 0 Å². The Morgan fingerprint density at radius 1 is 0.789 bits per heavy atom. The molecule has 1 N–H and O–H groups in total. The van der Waals surface area contributed by atoms with Crippen LogP contribution in [-0.4, -0.2) is 9.97 Å². The zero-order valence-corrected chi connectivity index (χ0v) is 10.7. The van der Waals surface area contributed by atoms with Gasteiger partial charge < -0.3 is 4.98 Å². The molecule has 0 aliphatic rings. The molecular weight excluding hydrogens is 232 g/mol. The summed E-state index contributed by atoms with van der Waals surface area (Å²) in [5.41, 5.74) is 3.60. The Bertz CT molecular complexity index is 627. The highest BCUT2D eigenvalue weighted by molar-refractivity contribution is 5.54. The van der Waals surface area contributed by atoms with Crippen LogP contribution in [0.5, 0.6) is 0 Å². The molecular formula is C17H16N2. The molecule has 0 spiro atoms. The van der Waals surface area contributed by atoms with E-state index in [1.54, 1.807) is 0 Å². The average molecular weight is 248 g/mol. The second-order valence-corrected chi connectivity index (χ2v) is 4.59. The second kappa shape index (κ2) is 5.53. The van der Waals surface area contributed by atoms with Gasteiger partial charge in [-0.05, 0) is 18.4 Å². The van der Waals surface area contributed by atoms with Crippen molar-refractivity contribution in [2.75, 3.05) is 0 Å². The normalized spacial score (nSPS) is 10.5. The van der Waals surface area contributed by atoms with Crippen molar-refractivity contribution in [1.29, 1.82) is 0 Å². The monoisotopic (exact) mass is 248 g/mol. The lowest BCUT2D eigenvalue weighted by Crippen LogP contribution is -1.91. The quantitative estimate of drug-likeness (QED) is 0.746. The number of aryl methyl sites for hydroxylation is 2. The Morgan fingerprint density at radius 3 is 2.21 bits per heavy atom. The Hall–Kier alpha value is -2.35. The van der Waals surface area contributed by atoms with Crippen molar-refractivity contribution >= 4 is 0 Å². The number of H-pyrrole nitrogens is 1. The van der Waals surface area contributed by atoms with Crippen LogP contribution in [-0.2, 0) is 12.8 Å². The summed E-state index contributed by atoms with van der Waals surface area (Å²) in [6, 6.07) is 20.7. The maximum absolute atomic E-state index is 4.64. The van der Waals surface area contributed by atoms with Crippen LogP contribution in [0.3, 0.4) is 0 Å². The lowest BCUT2D eigenvalue weighted by atomic mass is 10.1. The maximum atomic E-state index is 4.64. The lowest BCUT2D eigenvalue weighted by Gasteiger charge is -1.98. The van der Waals surface area contributed by atoms with E-state index in [0.717, 1.165) is 29.9 Å². The molecule has 0 fully saturated rings. The fraction of sp³-hybridized carbons (Fsp3) is 0.118. The molecule has 0 unspecified atom stereocenters. The largest absolute Gasteiger partial charge is 0.344 e. The topological polar surface area (TPSA) is 28.7 Å². The Morgan fingerprint density at radius 2 is 1.47 bits per heavy atom. The molecule has 0 amide bonds. The number of nitrogens with zero attached hydrogens (tertiary/aromatic N) is 1. The molecule has 3 rings (SSSR count). The van der Waals surface area contributed by atoms with Crippen LogP contribution in [0.1, 0.15) is 11.3 Å². The minimum atomic E-state index is 0.948. The summed E-state index contributed by atoms with van der Waals surface area (Å²) in [6.07, 6.45) is 4.00. The molecule has 0 radical (unpaired) electrons. The highest BCUT2D eigenvalue weighted by Crippen LogP contribution is 2.15. The second-order valence-electron chi connectivity index (χ2n) is 4.59. The van der Waals surface area contributed by atoms with Gasteiger partial charge in [0.1, 0.15) is 5.82 Å². The smallest absolute Gasteiger partial charge is 0.137 e. The summed E-state index contributed by atoms with van der Waals surface area (Å²) in [5, 5.41) is 0. The number of rotatable bonds is 4. The lowest BCUT2D eigenvalue weighted by molar-refractivity contribution is 0.926. The third kappa shape index (κ3) is 2.91. The Kier molecular flexibility index (Phi) is 3.41. The van der Waals surface area contributed by atoms with Crippen LogP contribution in [0.25, 0.3) is 11.4 Å². The molecule has 94 valence electrons. The molecule has 1 aromatic heterocycles. The number of hydrogen-bond donors (Lipinski definition) is 1. The summed E-state index contributed by atoms with van der Waals surface area (Å²) >= 11 is 0. The number of nitrogens with one attached hydrogen (secondary N) is 1. The first-order valence-corrected chi connectivity index (χ1v) is 6.55. The summed E-state index contributed by atoms with van der Waals surface area (Å²) in [5.74, 6) is 0.948. The van der Waals surface area contributed by atoms with E-state index < -0.39 is 0 Å². The Balaban J connectivity index is 1.69. The molecule has 2 aromatic carbocycles. The van der Waals surface area contributed by atoms with Gasteiger partial charge in [-0.25, -0.2) is 4.98 Å². The molecule has 19 heavy (non-hydrogen) atoms. The Labute approximate surface area is 113 Å². The van der Waals surface area contributed by atoms with Crippen molar-refractivity contribution in [3.63, 3.8) is 0 Å². The summed E-state index contributed by atoms with van der Waals surface area (Å²) in [4.78, 5) is 7.89. The van der Waals surface area contributed by atoms with E-state index in [4.69, 9.17) is 0 Å². The number of aromatic amines is 1. The van der Waals surface area contributed by atoms with E-state index in [9.17, 15) is 0 Å². The van der Waals surface area contributed by atoms with Crippen LogP contribution >= 0.6 is 0 Å². The van der Waals surface area contributed by atoms with E-state index in [0.29, 0.717) is 0 Å². The van der Waals surface area contributed by atoms with Gasteiger partial charge in [0, 0.05) is 11.8 Å². The van der Waals surface area contributed by atoms with E-state index >= 15 is 0 Å². The van der Waals surface area contributed by atoms with Crippen LogP contribution < -0.4 is 0 Å². The van der Waals surface area contributed by atoms with Crippen LogP contribution in [0.4, 0.5) is 0 Å². The highest BCUT2D eigenvalue weighted by Gasteiger charge is 2.03. The number of imidazole rings is 1. The minimum Gasteiger partial charge on any atom is -0.344 e. The third-order valence-electron chi connectivity index (χ3n) is 3.19. The van der Waals surface area contributed by atoms with Crippen molar-refractivity contribution in [1.82, 2.24) is 9.97 Å². The van der Waals surface area contributed by atoms with Gasteiger partial charge in [-0.3, -0.25) is 0 Å². The molecule has 0 bridgehead atoms. The SMILES string of the molecule is c1ccc(CCc2c[nH]c(-c3ccccc3)n2)cc1. The first kappa shape index (κ1) is 11.7. The van der Waals surface area contributed by atoms with Gasteiger partial charge in [-0.1, -0.05) is 60.7 Å². The van der Waals surface area contributed by atoms with E-state index in [1.165, 1.54) is 5.56 Å². The van der Waals surface area contributed by atoms with Crippen LogP contribution in [0.15, 0.2) is 66.9 Å². The molecule has 0 saturated carbocycles. The van der Waals surface area contributed by atoms with Crippen molar-refractivity contribution in [3.8, 4) is 11.4 Å². The first-order valence-electron chi connectivity index (χ1n) is 6.55. The van der Waals surface area contributed by atoms with Gasteiger partial charge >= 0.3 is 0 Å². The predicted molar refractivity (Wildman–Crippen MR) is 77.9 cm³/mol. The molecule has 0 aliphatic heterocycles. The predicted octanol–water partition coefficient (Wildman–Crippen LogP) is 3.86. The van der Waals surface area contributed by atoms with Crippen LogP contribution in [0, 0.1) is 0 Å². The van der Waals surface area contributed by atoms with Crippen molar-refractivity contribution in [3.05, 3.63) is 78.1 Å². The fourth-order valence-electron chi connectivity index (χ4n) is 2.15. The molecule has 1 heterocycles. The van der Waals surface area contributed by atoms with Crippen LogP contribution in [0.2, 0.25) is 0 Å².